The van der Waals surface area contributed by atoms with Crippen LogP contribution in [0.15, 0.2) is 33.5 Å². The van der Waals surface area contributed by atoms with Crippen LogP contribution in [-0.2, 0) is 40.6 Å². The summed E-state index contributed by atoms with van der Waals surface area (Å²) in [6.07, 6.45) is -7.48. The zero-order chi connectivity index (χ0) is 42.6. The van der Waals surface area contributed by atoms with Gasteiger partial charge in [-0.2, -0.15) is 0 Å². The summed E-state index contributed by atoms with van der Waals surface area (Å²) in [6, 6.07) is 5.57. The number of carbonyl (C=O) groups excluding carboxylic acids is 2. The molecule has 8 rings (SSSR count). The van der Waals surface area contributed by atoms with Gasteiger partial charge in [0.05, 0.1) is 65.8 Å². The minimum Gasteiger partial charge on any atom is -0.507 e. The number of aliphatic hydroxyl groups is 3. The monoisotopic (exact) mass is 822 g/mol. The smallest absolute Gasteiger partial charge is 0.202 e. The van der Waals surface area contributed by atoms with Crippen LogP contribution in [0.1, 0.15) is 116 Å². The van der Waals surface area contributed by atoms with E-state index in [1.807, 2.05) is 32.8 Å². The van der Waals surface area contributed by atoms with Gasteiger partial charge < -0.3 is 63.9 Å². The third-order valence-electron chi connectivity index (χ3n) is 13.1. The van der Waals surface area contributed by atoms with Crippen LogP contribution in [0, 0.1) is 0 Å². The Morgan fingerprint density at radius 1 is 0.881 bits per heavy atom. The second-order valence-electron chi connectivity index (χ2n) is 17.6. The molecule has 4 saturated heterocycles. The third kappa shape index (κ3) is 7.15. The first-order chi connectivity index (χ1) is 27.7. The second kappa shape index (κ2) is 15.1. The first-order valence-electron chi connectivity index (χ1n) is 20.2. The summed E-state index contributed by atoms with van der Waals surface area (Å²) in [5.41, 5.74) is 3.87. The van der Waals surface area contributed by atoms with E-state index >= 15 is 0 Å². The van der Waals surface area contributed by atoms with E-state index in [2.05, 4.69) is 0 Å². The number of aliphatic hydroxyl groups excluding tert-OH is 3. The molecule has 16 heteroatoms. The van der Waals surface area contributed by atoms with Gasteiger partial charge >= 0.3 is 0 Å². The molecule has 14 atom stereocenters. The lowest BCUT2D eigenvalue weighted by Gasteiger charge is -2.46. The Bertz CT molecular complexity index is 2230. The number of phenols is 1. The fraction of sp³-hybridized carbons (Fsp3) is 0.605. The maximum Gasteiger partial charge on any atom is 0.202 e. The van der Waals surface area contributed by atoms with Crippen molar-refractivity contribution in [3.8, 4) is 5.75 Å². The fourth-order valence-electron chi connectivity index (χ4n) is 9.24. The van der Waals surface area contributed by atoms with Crippen molar-refractivity contribution in [3.63, 3.8) is 0 Å². The number of benzene rings is 2. The number of nitrogens with two attached hydrogens (primary N) is 1. The molecule has 0 unspecified atom stereocenters. The summed E-state index contributed by atoms with van der Waals surface area (Å²) in [6.45, 7) is 10.2. The molecule has 2 aromatic carbocycles. The van der Waals surface area contributed by atoms with Crippen LogP contribution in [0.2, 0.25) is 0 Å². The largest absolute Gasteiger partial charge is 0.507 e. The number of nitrogens with zero attached hydrogens (tertiary/aromatic N) is 1. The number of fused-ring (bicyclic) bond motifs is 4. The highest BCUT2D eigenvalue weighted by molar-refractivity contribution is 6.32. The van der Waals surface area contributed by atoms with Crippen molar-refractivity contribution in [1.82, 2.24) is 4.90 Å². The van der Waals surface area contributed by atoms with Gasteiger partial charge in [0, 0.05) is 47.2 Å². The average Bonchev–Trinajstić information content (AvgIpc) is 3.80. The molecule has 1 aliphatic carbocycles. The van der Waals surface area contributed by atoms with Gasteiger partial charge in [-0.25, -0.2) is 0 Å². The third-order valence-corrected chi connectivity index (χ3v) is 13.1. The average molecular weight is 823 g/mol. The van der Waals surface area contributed by atoms with Crippen molar-refractivity contribution in [2.45, 2.75) is 152 Å². The highest BCUT2D eigenvalue weighted by Gasteiger charge is 2.53. The molecule has 4 aliphatic heterocycles. The van der Waals surface area contributed by atoms with Crippen molar-refractivity contribution in [3.05, 3.63) is 73.6 Å². The SMILES string of the molecule is C[C@@H]1O[C@@H](O[C@@H]2[C@H](C)O[C@@H](c3ccc4c(c3O)C(=O)c3c(cc(CO[C@@H]5C[C@@](C)(N)[C@@H](O)[C@H](C)O5)c5c(=O)cc([C@@]6(C)O[C@H]6C)oc35)C4=O)C[C@@H]2N(C)C)C[C@H](O)[C@@H]1O. The van der Waals surface area contributed by atoms with Crippen molar-refractivity contribution in [2.24, 2.45) is 5.73 Å². The fourth-order valence-corrected chi connectivity index (χ4v) is 9.24. The Kier molecular flexibility index (Phi) is 10.7. The van der Waals surface area contributed by atoms with Crippen LogP contribution in [-0.4, -0.2) is 124 Å². The van der Waals surface area contributed by atoms with Gasteiger partial charge in [-0.3, -0.25) is 14.4 Å². The molecular weight excluding hydrogens is 768 g/mol. The first kappa shape index (κ1) is 42.1. The van der Waals surface area contributed by atoms with Gasteiger partial charge in [0.15, 0.2) is 29.4 Å². The molecule has 0 amide bonds. The first-order valence-corrected chi connectivity index (χ1v) is 20.2. The normalized spacial score (nSPS) is 38.4. The minimum absolute atomic E-state index is 0.0201. The topological polar surface area (TPSA) is 233 Å². The van der Waals surface area contributed by atoms with Crippen molar-refractivity contribution < 1.29 is 62.9 Å². The van der Waals surface area contributed by atoms with E-state index in [9.17, 15) is 34.8 Å². The summed E-state index contributed by atoms with van der Waals surface area (Å²) in [7, 11) is 3.76. The van der Waals surface area contributed by atoms with Gasteiger partial charge in [0.2, 0.25) is 5.78 Å². The molecule has 16 nitrogen and oxygen atoms in total. The Hall–Kier alpha value is -3.65. The van der Waals surface area contributed by atoms with E-state index in [4.69, 9.17) is 38.6 Å². The van der Waals surface area contributed by atoms with E-state index in [0.717, 1.165) is 0 Å². The summed E-state index contributed by atoms with van der Waals surface area (Å²) in [5, 5.41) is 43.1. The lowest BCUT2D eigenvalue weighted by Crippen LogP contribution is -2.60. The standard InChI is InChI=1S/C43H54N2O14/c1-17-35(48)27(47)14-30(55-17)58-39-18(2)54-28(12-25(39)45(7)8)22-9-10-23-33(37(22)50)38(51)34-24(36(23)49)11-21(16-53-31-15-42(5,44)41(52)19(3)56-31)32-26(46)13-29(57-40(32)34)43(6)20(4)59-43/h9-11,13,17-20,25,27-28,30-31,35,39,41,47-48,50,52H,12,14-16,44H2,1-8H3/t17-,18-,19-,20-,25-,27-,28+,30-,31-,35+,39+,41-,42+,43-/m0/s1. The Morgan fingerprint density at radius 3 is 2.22 bits per heavy atom. The van der Waals surface area contributed by atoms with Gasteiger partial charge in [-0.05, 0) is 79.8 Å². The summed E-state index contributed by atoms with van der Waals surface area (Å²) >= 11 is 0. The molecule has 5 heterocycles. The number of ether oxygens (including phenoxy) is 6. The quantitative estimate of drug-likeness (QED) is 0.161. The van der Waals surface area contributed by atoms with Crippen LogP contribution < -0.4 is 11.2 Å². The van der Waals surface area contributed by atoms with Crippen molar-refractivity contribution >= 4 is 22.5 Å². The molecule has 3 aromatic rings. The number of ketones is 2. The van der Waals surface area contributed by atoms with E-state index in [-0.39, 0.29) is 81.7 Å². The molecule has 5 aliphatic rings. The molecule has 0 saturated carbocycles. The maximum absolute atomic E-state index is 14.8. The molecule has 59 heavy (non-hydrogen) atoms. The van der Waals surface area contributed by atoms with Crippen LogP contribution >= 0.6 is 0 Å². The predicted molar refractivity (Wildman–Crippen MR) is 209 cm³/mol. The van der Waals surface area contributed by atoms with Gasteiger partial charge in [-0.15, -0.1) is 0 Å². The molecule has 0 radical (unpaired) electrons. The molecule has 6 N–H and O–H groups in total. The lowest BCUT2D eigenvalue weighted by atomic mass is 9.79. The number of hydrogen-bond acceptors (Lipinski definition) is 16. The Labute approximate surface area is 341 Å². The Morgan fingerprint density at radius 2 is 1.58 bits per heavy atom. The predicted octanol–water partition coefficient (Wildman–Crippen LogP) is 2.66. The molecule has 320 valence electrons. The number of aromatic hydroxyl groups is 1. The van der Waals surface area contributed by atoms with Crippen molar-refractivity contribution in [1.29, 1.82) is 0 Å². The van der Waals surface area contributed by atoms with Crippen LogP contribution in [0.3, 0.4) is 0 Å². The highest BCUT2D eigenvalue weighted by atomic mass is 16.7. The number of epoxide rings is 1. The molecular formula is C43H54N2O14. The number of carbonyl (C=O) groups is 2. The molecule has 4 fully saturated rings. The highest BCUT2D eigenvalue weighted by Crippen LogP contribution is 2.48. The van der Waals surface area contributed by atoms with E-state index in [1.54, 1.807) is 33.8 Å². The Balaban J connectivity index is 1.15. The lowest BCUT2D eigenvalue weighted by molar-refractivity contribution is -0.287. The summed E-state index contributed by atoms with van der Waals surface area (Å²) in [5.74, 6) is -1.53. The second-order valence-corrected chi connectivity index (χ2v) is 17.6. The van der Waals surface area contributed by atoms with Crippen LogP contribution in [0.4, 0.5) is 0 Å². The minimum atomic E-state index is -1.03. The van der Waals surface area contributed by atoms with Crippen LogP contribution in [0.25, 0.3) is 11.0 Å². The van der Waals surface area contributed by atoms with Gasteiger partial charge in [-0.1, -0.05) is 6.07 Å². The van der Waals surface area contributed by atoms with Crippen LogP contribution in [0.5, 0.6) is 5.75 Å². The number of rotatable bonds is 8. The van der Waals surface area contributed by atoms with Gasteiger partial charge in [0.1, 0.15) is 29.3 Å². The van der Waals surface area contributed by atoms with E-state index < -0.39 is 95.3 Å². The summed E-state index contributed by atoms with van der Waals surface area (Å²) < 4.78 is 42.9. The number of hydrogen-bond donors (Lipinski definition) is 5. The zero-order valence-corrected chi connectivity index (χ0v) is 34.5. The zero-order valence-electron chi connectivity index (χ0n) is 34.5. The van der Waals surface area contributed by atoms with Crippen molar-refractivity contribution in [2.75, 3.05) is 14.1 Å². The van der Waals surface area contributed by atoms with Gasteiger partial charge in [0.25, 0.3) is 0 Å². The number of likely N-dealkylation sites (N-methyl/N-ethyl adjacent to an activating group) is 1. The van der Waals surface area contributed by atoms with E-state index in [1.165, 1.54) is 18.2 Å². The number of phenolic OH excluding ortho intramolecular Hbond substituents is 1. The maximum atomic E-state index is 14.8. The molecule has 1 aromatic heterocycles. The van der Waals surface area contributed by atoms with E-state index in [0.29, 0.717) is 6.42 Å². The molecule has 0 bridgehead atoms. The summed E-state index contributed by atoms with van der Waals surface area (Å²) in [4.78, 5) is 45.3. The molecule has 0 spiro atoms.